The molecule has 2 fully saturated rings. The standard InChI is InChI=1S/C30H38N4O2S/c1-7-34-28(35)27(18-22-17-25-21(3)19-30(4,5)32(6)26(25)16-20(22)2)37-29(34)31-23-8-10-24(11-9-23)33-12-14-36-15-13-33/h8-11,16-18,21H,7,12-15,19H2,1-6H3/b27-18-,31-29?/t21-/m1/s1. The van der Waals surface area contributed by atoms with Gasteiger partial charge in [-0.2, -0.15) is 0 Å². The lowest BCUT2D eigenvalue weighted by Gasteiger charge is -2.45. The lowest BCUT2D eigenvalue weighted by Crippen LogP contribution is -2.45. The summed E-state index contributed by atoms with van der Waals surface area (Å²) in [7, 11) is 2.19. The van der Waals surface area contributed by atoms with E-state index in [1.54, 1.807) is 4.90 Å². The highest BCUT2D eigenvalue weighted by molar-refractivity contribution is 8.18. The molecule has 1 atom stereocenters. The Kier molecular flexibility index (Phi) is 7.12. The van der Waals surface area contributed by atoms with Crippen molar-refractivity contribution in [2.24, 2.45) is 4.99 Å². The van der Waals surface area contributed by atoms with Crippen LogP contribution in [0.3, 0.4) is 0 Å². The number of likely N-dealkylation sites (N-methyl/N-ethyl adjacent to an activating group) is 1. The van der Waals surface area contributed by atoms with Crippen molar-refractivity contribution in [1.29, 1.82) is 0 Å². The van der Waals surface area contributed by atoms with E-state index in [9.17, 15) is 4.79 Å². The van der Waals surface area contributed by atoms with E-state index >= 15 is 0 Å². The quantitative estimate of drug-likeness (QED) is 0.453. The van der Waals surface area contributed by atoms with Gasteiger partial charge in [0.25, 0.3) is 5.91 Å². The molecule has 0 aliphatic carbocycles. The summed E-state index contributed by atoms with van der Waals surface area (Å²) in [5, 5.41) is 0.739. The summed E-state index contributed by atoms with van der Waals surface area (Å²) in [6, 6.07) is 12.9. The van der Waals surface area contributed by atoms with Gasteiger partial charge in [-0.3, -0.25) is 9.69 Å². The fraction of sp³-hybridized carbons (Fsp3) is 0.467. The molecule has 7 heteroatoms. The lowest BCUT2D eigenvalue weighted by atomic mass is 9.79. The first kappa shape index (κ1) is 25.9. The van der Waals surface area contributed by atoms with E-state index in [4.69, 9.17) is 9.73 Å². The number of morpholine rings is 1. The van der Waals surface area contributed by atoms with Gasteiger partial charge in [-0.05, 0) is 111 Å². The van der Waals surface area contributed by atoms with Crippen molar-refractivity contribution in [3.8, 4) is 0 Å². The van der Waals surface area contributed by atoms with E-state index in [2.05, 4.69) is 74.9 Å². The Labute approximate surface area is 225 Å². The summed E-state index contributed by atoms with van der Waals surface area (Å²) in [5.74, 6) is 0.496. The summed E-state index contributed by atoms with van der Waals surface area (Å²) in [4.78, 5) is 25.4. The van der Waals surface area contributed by atoms with Crippen molar-refractivity contribution >= 4 is 46.0 Å². The van der Waals surface area contributed by atoms with Crippen LogP contribution in [0.25, 0.3) is 6.08 Å². The fourth-order valence-corrected chi connectivity index (χ4v) is 6.62. The van der Waals surface area contributed by atoms with Gasteiger partial charge in [-0.1, -0.05) is 6.92 Å². The molecule has 0 saturated carbocycles. The van der Waals surface area contributed by atoms with Crippen LogP contribution in [0.1, 0.15) is 56.7 Å². The van der Waals surface area contributed by atoms with Gasteiger partial charge in [-0.25, -0.2) is 4.99 Å². The molecule has 0 aromatic heterocycles. The smallest absolute Gasteiger partial charge is 0.266 e. The average molecular weight is 519 g/mol. The van der Waals surface area contributed by atoms with Gasteiger partial charge in [0.05, 0.1) is 23.8 Å². The van der Waals surface area contributed by atoms with Gasteiger partial charge in [-0.15, -0.1) is 0 Å². The monoisotopic (exact) mass is 518 g/mol. The maximum atomic E-state index is 13.3. The molecule has 3 aliphatic rings. The van der Waals surface area contributed by atoms with Crippen molar-refractivity contribution in [2.45, 2.75) is 52.5 Å². The molecular weight excluding hydrogens is 480 g/mol. The van der Waals surface area contributed by atoms with Crippen LogP contribution >= 0.6 is 11.8 Å². The van der Waals surface area contributed by atoms with Gasteiger partial charge >= 0.3 is 0 Å². The highest BCUT2D eigenvalue weighted by Gasteiger charge is 2.35. The Hall–Kier alpha value is -2.77. The molecule has 6 nitrogen and oxygen atoms in total. The molecule has 0 unspecified atom stereocenters. The number of fused-ring (bicyclic) bond motifs is 1. The van der Waals surface area contributed by atoms with E-state index in [0.29, 0.717) is 12.5 Å². The summed E-state index contributed by atoms with van der Waals surface area (Å²) < 4.78 is 5.46. The molecule has 37 heavy (non-hydrogen) atoms. The molecule has 2 saturated heterocycles. The maximum absolute atomic E-state index is 13.3. The predicted molar refractivity (Wildman–Crippen MR) is 156 cm³/mol. The number of ether oxygens (including phenoxy) is 1. The number of anilines is 2. The SMILES string of the molecule is CCN1C(=O)/C(=C/c2cc3c(cc2C)N(C)C(C)(C)C[C@H]3C)SC1=Nc1ccc(N2CCOCC2)cc1. The number of aryl methyl sites for hydroxylation is 1. The van der Waals surface area contributed by atoms with Gasteiger partial charge < -0.3 is 14.5 Å². The van der Waals surface area contributed by atoms with Gasteiger partial charge in [0.15, 0.2) is 5.17 Å². The second kappa shape index (κ2) is 10.2. The summed E-state index contributed by atoms with van der Waals surface area (Å²) >= 11 is 1.47. The molecule has 1 amide bonds. The first-order chi connectivity index (χ1) is 17.7. The molecular formula is C30H38N4O2S. The zero-order valence-electron chi connectivity index (χ0n) is 22.9. The lowest BCUT2D eigenvalue weighted by molar-refractivity contribution is -0.122. The number of benzene rings is 2. The van der Waals surface area contributed by atoms with Crippen molar-refractivity contribution < 1.29 is 9.53 Å². The van der Waals surface area contributed by atoms with Crippen LogP contribution in [-0.2, 0) is 9.53 Å². The predicted octanol–water partition coefficient (Wildman–Crippen LogP) is 6.18. The number of amides is 1. The van der Waals surface area contributed by atoms with E-state index in [-0.39, 0.29) is 11.4 Å². The Morgan fingerprint density at radius 3 is 2.54 bits per heavy atom. The largest absolute Gasteiger partial charge is 0.378 e. The summed E-state index contributed by atoms with van der Waals surface area (Å²) in [6.45, 7) is 15.0. The summed E-state index contributed by atoms with van der Waals surface area (Å²) in [6.07, 6.45) is 3.16. The Morgan fingerprint density at radius 1 is 1.16 bits per heavy atom. The van der Waals surface area contributed by atoms with E-state index in [1.165, 1.54) is 34.3 Å². The first-order valence-corrected chi connectivity index (χ1v) is 14.1. The topological polar surface area (TPSA) is 48.4 Å². The van der Waals surface area contributed by atoms with Crippen molar-refractivity contribution in [3.05, 3.63) is 58.0 Å². The number of hydrogen-bond acceptors (Lipinski definition) is 6. The van der Waals surface area contributed by atoms with E-state index in [1.807, 2.05) is 19.1 Å². The highest BCUT2D eigenvalue weighted by Crippen LogP contribution is 2.44. The zero-order valence-corrected chi connectivity index (χ0v) is 23.7. The minimum absolute atomic E-state index is 0.0274. The molecule has 5 rings (SSSR count). The van der Waals surface area contributed by atoms with Gasteiger partial charge in [0, 0.05) is 43.6 Å². The maximum Gasteiger partial charge on any atom is 0.266 e. The molecule has 0 spiro atoms. The van der Waals surface area contributed by atoms with Crippen molar-refractivity contribution in [3.63, 3.8) is 0 Å². The third-order valence-electron chi connectivity index (χ3n) is 7.96. The van der Waals surface area contributed by atoms with Crippen LogP contribution in [0.2, 0.25) is 0 Å². The zero-order chi connectivity index (χ0) is 26.3. The fourth-order valence-electron chi connectivity index (χ4n) is 5.57. The molecule has 2 aromatic carbocycles. The second-order valence-electron chi connectivity index (χ2n) is 10.9. The minimum Gasteiger partial charge on any atom is -0.378 e. The second-order valence-corrected chi connectivity index (χ2v) is 11.9. The van der Waals surface area contributed by atoms with Crippen molar-refractivity contribution in [1.82, 2.24) is 4.90 Å². The van der Waals surface area contributed by atoms with Gasteiger partial charge in [0.1, 0.15) is 0 Å². The molecule has 0 bridgehead atoms. The highest BCUT2D eigenvalue weighted by atomic mass is 32.2. The minimum atomic E-state index is 0.0274. The number of nitrogens with zero attached hydrogens (tertiary/aromatic N) is 4. The van der Waals surface area contributed by atoms with Crippen LogP contribution < -0.4 is 9.80 Å². The molecule has 0 radical (unpaired) electrons. The summed E-state index contributed by atoms with van der Waals surface area (Å²) in [5.41, 5.74) is 7.12. The first-order valence-electron chi connectivity index (χ1n) is 13.3. The average Bonchev–Trinajstić information content (AvgIpc) is 3.17. The number of thioether (sulfide) groups is 1. The van der Waals surface area contributed by atoms with Crippen molar-refractivity contribution in [2.75, 3.05) is 49.7 Å². The Morgan fingerprint density at radius 2 is 1.86 bits per heavy atom. The van der Waals surface area contributed by atoms with Crippen LogP contribution in [0.4, 0.5) is 17.1 Å². The molecule has 2 aromatic rings. The van der Waals surface area contributed by atoms with E-state index in [0.717, 1.165) is 54.0 Å². The third-order valence-corrected chi connectivity index (χ3v) is 8.97. The number of aliphatic imine (C=N–C) groups is 1. The number of carbonyl (C=O) groups is 1. The van der Waals surface area contributed by atoms with Crippen LogP contribution in [0.15, 0.2) is 46.3 Å². The third kappa shape index (κ3) is 5.04. The molecule has 3 aliphatic heterocycles. The molecule has 0 N–H and O–H groups in total. The number of rotatable bonds is 4. The number of amidine groups is 1. The Balaban J connectivity index is 1.41. The van der Waals surface area contributed by atoms with Gasteiger partial charge in [0.2, 0.25) is 0 Å². The normalized spacial score (nSPS) is 23.8. The molecule has 196 valence electrons. The van der Waals surface area contributed by atoms with E-state index < -0.39 is 0 Å². The number of carbonyl (C=O) groups excluding carboxylic acids is 1. The molecule has 3 heterocycles. The van der Waals surface area contributed by atoms with Crippen LogP contribution in [0.5, 0.6) is 0 Å². The number of hydrogen-bond donors (Lipinski definition) is 0. The van der Waals surface area contributed by atoms with Crippen LogP contribution in [0, 0.1) is 6.92 Å². The van der Waals surface area contributed by atoms with Crippen LogP contribution in [-0.4, -0.2) is 61.4 Å². The Bertz CT molecular complexity index is 1240.